The van der Waals surface area contributed by atoms with Crippen LogP contribution in [0.5, 0.6) is 0 Å². The van der Waals surface area contributed by atoms with Crippen LogP contribution in [0.2, 0.25) is 0 Å². The van der Waals surface area contributed by atoms with Crippen molar-refractivity contribution < 1.29 is 4.74 Å². The first-order valence-corrected chi connectivity index (χ1v) is 6.45. The molecule has 3 heteroatoms. The van der Waals surface area contributed by atoms with E-state index in [0.717, 1.165) is 22.7 Å². The molecule has 0 unspecified atom stereocenters. The van der Waals surface area contributed by atoms with Crippen LogP contribution in [0.1, 0.15) is 45.4 Å². The van der Waals surface area contributed by atoms with Gasteiger partial charge in [-0.1, -0.05) is 37.9 Å². The van der Waals surface area contributed by atoms with Gasteiger partial charge in [0.25, 0.3) is 0 Å². The highest BCUT2D eigenvalue weighted by Gasteiger charge is 2.16. The van der Waals surface area contributed by atoms with Crippen LogP contribution < -0.4 is 0 Å². The van der Waals surface area contributed by atoms with E-state index in [9.17, 15) is 0 Å². The SMILES string of the molecule is CCCOC(=S)SC1CCCCC1. The fourth-order valence-electron chi connectivity index (χ4n) is 1.54. The molecule has 1 saturated carbocycles. The van der Waals surface area contributed by atoms with E-state index in [0.29, 0.717) is 0 Å². The minimum Gasteiger partial charge on any atom is -0.479 e. The summed E-state index contributed by atoms with van der Waals surface area (Å²) in [6, 6.07) is 0. The van der Waals surface area contributed by atoms with Crippen LogP contribution in [0.25, 0.3) is 0 Å². The molecular weight excluding hydrogens is 200 g/mol. The zero-order chi connectivity index (χ0) is 9.52. The lowest BCUT2D eigenvalue weighted by Crippen LogP contribution is -2.12. The zero-order valence-electron chi connectivity index (χ0n) is 8.25. The Balaban J connectivity index is 2.11. The molecule has 0 heterocycles. The van der Waals surface area contributed by atoms with Crippen molar-refractivity contribution >= 4 is 28.4 Å². The van der Waals surface area contributed by atoms with Gasteiger partial charge in [-0.05, 0) is 31.5 Å². The predicted octanol–water partition coefficient (Wildman–Crippen LogP) is 3.76. The molecule has 0 aromatic rings. The zero-order valence-corrected chi connectivity index (χ0v) is 9.88. The predicted molar refractivity (Wildman–Crippen MR) is 63.3 cm³/mol. The van der Waals surface area contributed by atoms with Gasteiger partial charge in [0.1, 0.15) is 0 Å². The molecule has 0 saturated heterocycles. The van der Waals surface area contributed by atoms with Crippen molar-refractivity contribution in [3.63, 3.8) is 0 Å². The number of rotatable bonds is 3. The quantitative estimate of drug-likeness (QED) is 0.667. The second-order valence-electron chi connectivity index (χ2n) is 3.48. The third-order valence-corrected chi connectivity index (χ3v) is 3.76. The minimum absolute atomic E-state index is 0.734. The topological polar surface area (TPSA) is 9.23 Å². The summed E-state index contributed by atoms with van der Waals surface area (Å²) in [6.45, 7) is 2.88. The summed E-state index contributed by atoms with van der Waals surface area (Å²) in [7, 11) is 0. The fraction of sp³-hybridized carbons (Fsp3) is 0.900. The van der Waals surface area contributed by atoms with Gasteiger partial charge in [0, 0.05) is 5.25 Å². The molecule has 1 aliphatic rings. The van der Waals surface area contributed by atoms with Crippen molar-refractivity contribution in [2.45, 2.75) is 50.7 Å². The summed E-state index contributed by atoms with van der Waals surface area (Å²) >= 11 is 6.91. The van der Waals surface area contributed by atoms with Crippen molar-refractivity contribution in [2.75, 3.05) is 6.61 Å². The molecule has 0 aromatic heterocycles. The van der Waals surface area contributed by atoms with Crippen LogP contribution in [0.15, 0.2) is 0 Å². The second-order valence-corrected chi connectivity index (χ2v) is 5.38. The lowest BCUT2D eigenvalue weighted by atomic mass is 10.0. The Hall–Kier alpha value is 0.240. The highest BCUT2D eigenvalue weighted by atomic mass is 32.2. The van der Waals surface area contributed by atoms with Gasteiger partial charge in [0.05, 0.1) is 6.61 Å². The van der Waals surface area contributed by atoms with Gasteiger partial charge in [0.15, 0.2) is 0 Å². The third kappa shape index (κ3) is 4.87. The van der Waals surface area contributed by atoms with E-state index in [1.165, 1.54) is 32.1 Å². The van der Waals surface area contributed by atoms with Gasteiger partial charge in [-0.15, -0.1) is 0 Å². The van der Waals surface area contributed by atoms with E-state index >= 15 is 0 Å². The van der Waals surface area contributed by atoms with E-state index in [2.05, 4.69) is 6.92 Å². The summed E-state index contributed by atoms with van der Waals surface area (Å²) in [5.74, 6) is 0. The van der Waals surface area contributed by atoms with Crippen LogP contribution in [0, 0.1) is 0 Å². The molecule has 0 radical (unpaired) electrons. The number of hydrogen-bond donors (Lipinski definition) is 0. The van der Waals surface area contributed by atoms with Gasteiger partial charge in [0.2, 0.25) is 4.38 Å². The summed E-state index contributed by atoms with van der Waals surface area (Å²) in [5.41, 5.74) is 0. The molecule has 1 rings (SSSR count). The maximum Gasteiger partial charge on any atom is 0.220 e. The lowest BCUT2D eigenvalue weighted by molar-refractivity contribution is 0.321. The molecule has 0 atom stereocenters. The van der Waals surface area contributed by atoms with E-state index in [1.807, 2.05) is 0 Å². The molecule has 13 heavy (non-hydrogen) atoms. The van der Waals surface area contributed by atoms with E-state index in [-0.39, 0.29) is 0 Å². The standard InChI is InChI=1S/C10H18OS2/c1-2-8-11-10(12)13-9-6-4-3-5-7-9/h9H,2-8H2,1H3. The molecule has 0 aliphatic heterocycles. The molecule has 1 nitrogen and oxygen atoms in total. The van der Waals surface area contributed by atoms with Crippen LogP contribution in [0.3, 0.4) is 0 Å². The molecule has 0 spiro atoms. The Morgan fingerprint density at radius 3 is 2.69 bits per heavy atom. The molecule has 0 aromatic carbocycles. The first-order valence-electron chi connectivity index (χ1n) is 5.16. The van der Waals surface area contributed by atoms with Gasteiger partial charge in [-0.2, -0.15) is 0 Å². The Labute approximate surface area is 90.6 Å². The Morgan fingerprint density at radius 2 is 2.08 bits per heavy atom. The van der Waals surface area contributed by atoms with Crippen molar-refractivity contribution in [2.24, 2.45) is 0 Å². The highest BCUT2D eigenvalue weighted by Crippen LogP contribution is 2.29. The van der Waals surface area contributed by atoms with Gasteiger partial charge < -0.3 is 4.74 Å². The Morgan fingerprint density at radius 1 is 1.38 bits per heavy atom. The largest absolute Gasteiger partial charge is 0.479 e. The number of hydrogen-bond acceptors (Lipinski definition) is 3. The molecule has 0 bridgehead atoms. The number of thiocarbonyl (C=S) groups is 1. The average Bonchev–Trinajstić information content (AvgIpc) is 2.16. The number of ether oxygens (including phenoxy) is 1. The van der Waals surface area contributed by atoms with E-state index in [4.69, 9.17) is 17.0 Å². The lowest BCUT2D eigenvalue weighted by Gasteiger charge is -2.20. The van der Waals surface area contributed by atoms with E-state index in [1.54, 1.807) is 11.8 Å². The fourth-order valence-corrected chi connectivity index (χ4v) is 3.02. The van der Waals surface area contributed by atoms with Gasteiger partial charge >= 0.3 is 0 Å². The molecule has 0 amide bonds. The van der Waals surface area contributed by atoms with Crippen LogP contribution in [-0.4, -0.2) is 16.2 Å². The first kappa shape index (κ1) is 11.3. The number of thioether (sulfide) groups is 1. The maximum absolute atomic E-state index is 5.39. The maximum atomic E-state index is 5.39. The molecular formula is C10H18OS2. The monoisotopic (exact) mass is 218 g/mol. The summed E-state index contributed by atoms with van der Waals surface area (Å²) in [5, 5.41) is 0.734. The normalized spacial score (nSPS) is 18.5. The third-order valence-electron chi connectivity index (χ3n) is 2.24. The summed E-state index contributed by atoms with van der Waals surface area (Å²) in [6.07, 6.45) is 7.83. The Bertz CT molecular complexity index is 153. The second kappa shape index (κ2) is 6.66. The summed E-state index contributed by atoms with van der Waals surface area (Å²) in [4.78, 5) is 0. The average molecular weight is 218 g/mol. The first-order chi connectivity index (χ1) is 6.33. The van der Waals surface area contributed by atoms with Crippen LogP contribution >= 0.6 is 24.0 Å². The van der Waals surface area contributed by atoms with Crippen LogP contribution in [0.4, 0.5) is 0 Å². The van der Waals surface area contributed by atoms with Crippen molar-refractivity contribution in [3.05, 3.63) is 0 Å². The van der Waals surface area contributed by atoms with Crippen molar-refractivity contribution in [1.82, 2.24) is 0 Å². The van der Waals surface area contributed by atoms with Crippen molar-refractivity contribution in [3.8, 4) is 0 Å². The smallest absolute Gasteiger partial charge is 0.220 e. The van der Waals surface area contributed by atoms with Crippen LogP contribution in [-0.2, 0) is 4.74 Å². The molecule has 0 N–H and O–H groups in total. The molecule has 76 valence electrons. The molecule has 1 aliphatic carbocycles. The van der Waals surface area contributed by atoms with E-state index < -0.39 is 0 Å². The Kier molecular flexibility index (Phi) is 5.80. The highest BCUT2D eigenvalue weighted by molar-refractivity contribution is 8.23. The van der Waals surface area contributed by atoms with Gasteiger partial charge in [-0.25, -0.2) is 0 Å². The van der Waals surface area contributed by atoms with Crippen molar-refractivity contribution in [1.29, 1.82) is 0 Å². The molecule has 1 fully saturated rings. The van der Waals surface area contributed by atoms with Gasteiger partial charge in [-0.3, -0.25) is 0 Å². The summed E-state index contributed by atoms with van der Waals surface area (Å²) < 4.78 is 6.15. The minimum atomic E-state index is 0.734.